The second-order valence-electron chi connectivity index (χ2n) is 7.10. The molecule has 1 saturated heterocycles. The Hall–Kier alpha value is -2.36. The van der Waals surface area contributed by atoms with E-state index in [1.54, 1.807) is 0 Å². The van der Waals surface area contributed by atoms with E-state index in [-0.39, 0.29) is 5.95 Å². The highest BCUT2D eigenvalue weighted by atomic mass is 19.4. The van der Waals surface area contributed by atoms with E-state index >= 15 is 0 Å². The molecule has 0 bridgehead atoms. The Kier molecular flexibility index (Phi) is 8.69. The molecule has 3 N–H and O–H groups in total. The van der Waals surface area contributed by atoms with Gasteiger partial charge in [0.25, 0.3) is 0 Å². The van der Waals surface area contributed by atoms with E-state index in [9.17, 15) is 13.2 Å². The molecular weight excluding hydrogens is 383 g/mol. The molecule has 2 heterocycles. The largest absolute Gasteiger partial charge is 0.433 e. The molecule has 0 spiro atoms. The number of aliphatic imine (C=N–C) groups is 1. The van der Waals surface area contributed by atoms with Crippen LogP contribution in [0.3, 0.4) is 0 Å². The van der Waals surface area contributed by atoms with Crippen LogP contribution in [0, 0.1) is 0 Å². The van der Waals surface area contributed by atoms with Gasteiger partial charge >= 0.3 is 6.18 Å². The van der Waals surface area contributed by atoms with Gasteiger partial charge in [0, 0.05) is 45.0 Å². The average Bonchev–Trinajstić information content (AvgIpc) is 2.66. The summed E-state index contributed by atoms with van der Waals surface area (Å²) in [6.07, 6.45) is -1.35. The topological polar surface area (TPSA) is 77.5 Å². The third-order valence-corrected chi connectivity index (χ3v) is 4.38. The molecule has 162 valence electrons. The van der Waals surface area contributed by atoms with Crippen molar-refractivity contribution < 1.29 is 13.2 Å². The molecule has 10 heteroatoms. The van der Waals surface area contributed by atoms with Gasteiger partial charge in [-0.05, 0) is 32.8 Å². The molecule has 0 atom stereocenters. The lowest BCUT2D eigenvalue weighted by atomic mass is 10.0. The fourth-order valence-corrected chi connectivity index (χ4v) is 3.07. The summed E-state index contributed by atoms with van der Waals surface area (Å²) in [7, 11) is 0. The van der Waals surface area contributed by atoms with Gasteiger partial charge in [-0.2, -0.15) is 13.2 Å². The number of piperidine rings is 1. The fraction of sp³-hybridized carbons (Fsp3) is 0.632. The first-order chi connectivity index (χ1) is 13.8. The molecule has 0 amide bonds. The minimum absolute atomic E-state index is 0.0575. The van der Waals surface area contributed by atoms with E-state index in [0.29, 0.717) is 25.1 Å². The Morgan fingerprint density at radius 1 is 1.34 bits per heavy atom. The molecule has 1 aromatic heterocycles. The summed E-state index contributed by atoms with van der Waals surface area (Å²) in [5.41, 5.74) is 0.204. The zero-order valence-corrected chi connectivity index (χ0v) is 17.0. The predicted octanol–water partition coefficient (Wildman–Crippen LogP) is 2.50. The summed E-state index contributed by atoms with van der Waals surface area (Å²) in [6, 6.07) is 1.19. The molecule has 0 aromatic carbocycles. The van der Waals surface area contributed by atoms with Crippen molar-refractivity contribution in [3.8, 4) is 0 Å². The maximum atomic E-state index is 12.7. The average molecular weight is 413 g/mol. The number of hydrogen-bond acceptors (Lipinski definition) is 5. The summed E-state index contributed by atoms with van der Waals surface area (Å²) >= 11 is 0. The number of hydrogen-bond donors (Lipinski definition) is 3. The number of alkyl halides is 3. The summed E-state index contributed by atoms with van der Waals surface area (Å²) in [5.74, 6) is 0.649. The van der Waals surface area contributed by atoms with Crippen LogP contribution in [0.15, 0.2) is 29.4 Å². The number of likely N-dealkylation sites (tertiary alicyclic amines) is 1. The van der Waals surface area contributed by atoms with Crippen LogP contribution in [-0.2, 0) is 6.18 Å². The predicted molar refractivity (Wildman–Crippen MR) is 109 cm³/mol. The summed E-state index contributed by atoms with van der Waals surface area (Å²) in [6.45, 7) is 12.4. The number of nitrogens with one attached hydrogen (secondary N) is 3. The van der Waals surface area contributed by atoms with Crippen molar-refractivity contribution in [1.29, 1.82) is 0 Å². The minimum atomic E-state index is -4.49. The van der Waals surface area contributed by atoms with E-state index in [2.05, 4.69) is 42.4 Å². The molecule has 7 nitrogen and oxygen atoms in total. The van der Waals surface area contributed by atoms with E-state index in [1.165, 1.54) is 5.57 Å². The number of nitrogens with zero attached hydrogens (tertiary/aromatic N) is 4. The lowest BCUT2D eigenvalue weighted by Crippen LogP contribution is -2.49. The van der Waals surface area contributed by atoms with Gasteiger partial charge in [-0.15, -0.1) is 0 Å². The van der Waals surface area contributed by atoms with E-state index in [4.69, 9.17) is 0 Å². The van der Waals surface area contributed by atoms with Gasteiger partial charge in [0.1, 0.15) is 5.69 Å². The van der Waals surface area contributed by atoms with Gasteiger partial charge in [0.15, 0.2) is 5.96 Å². The van der Waals surface area contributed by atoms with Gasteiger partial charge in [0.05, 0.1) is 6.54 Å². The van der Waals surface area contributed by atoms with E-state index < -0.39 is 11.9 Å². The van der Waals surface area contributed by atoms with E-state index in [0.717, 1.165) is 51.3 Å². The third-order valence-electron chi connectivity index (χ3n) is 4.38. The van der Waals surface area contributed by atoms with Crippen molar-refractivity contribution in [1.82, 2.24) is 25.5 Å². The van der Waals surface area contributed by atoms with Gasteiger partial charge in [-0.25, -0.2) is 9.97 Å². The molecule has 0 radical (unpaired) electrons. The van der Waals surface area contributed by atoms with Crippen molar-refractivity contribution in [3.05, 3.63) is 30.1 Å². The number of halogens is 3. The molecule has 29 heavy (non-hydrogen) atoms. The van der Waals surface area contributed by atoms with Crippen molar-refractivity contribution in [2.45, 2.75) is 38.9 Å². The quantitative estimate of drug-likeness (QED) is 0.263. The van der Waals surface area contributed by atoms with Crippen LogP contribution in [0.25, 0.3) is 0 Å². The first-order valence-electron chi connectivity index (χ1n) is 9.83. The summed E-state index contributed by atoms with van der Waals surface area (Å²) in [4.78, 5) is 14.2. The Morgan fingerprint density at radius 3 is 2.69 bits per heavy atom. The molecule has 0 unspecified atom stereocenters. The first kappa shape index (κ1) is 22.9. The smallest absolute Gasteiger partial charge is 0.357 e. The van der Waals surface area contributed by atoms with Gasteiger partial charge in [0.2, 0.25) is 5.95 Å². The standard InChI is InChI=1S/C19H30F3N7/c1-4-23-17(27-15-6-11-29(12-7-15)13-14(2)3)25-9-10-26-18-24-8-5-16(28-18)19(20,21)22/h5,8,15H,2,4,6-7,9-13H2,1,3H3,(H2,23,25,27)(H,24,26,28). The summed E-state index contributed by atoms with van der Waals surface area (Å²) in [5, 5.41) is 9.43. The van der Waals surface area contributed by atoms with E-state index in [1.807, 2.05) is 13.8 Å². The SMILES string of the molecule is C=C(C)CN1CCC(NC(=NCCNc2nccc(C(F)(F)F)n2)NCC)CC1. The van der Waals surface area contributed by atoms with Crippen molar-refractivity contribution in [2.24, 2.45) is 4.99 Å². The molecule has 2 rings (SSSR count). The number of rotatable bonds is 8. The van der Waals surface area contributed by atoms with Crippen LogP contribution in [-0.4, -0.2) is 66.1 Å². The van der Waals surface area contributed by atoms with Gasteiger partial charge < -0.3 is 16.0 Å². The monoisotopic (exact) mass is 413 g/mol. The van der Waals surface area contributed by atoms with Gasteiger partial charge in [-0.1, -0.05) is 12.2 Å². The van der Waals surface area contributed by atoms with Gasteiger partial charge in [-0.3, -0.25) is 9.89 Å². The van der Waals surface area contributed by atoms with Crippen LogP contribution in [0.2, 0.25) is 0 Å². The third kappa shape index (κ3) is 8.26. The van der Waals surface area contributed by atoms with Crippen LogP contribution >= 0.6 is 0 Å². The van der Waals surface area contributed by atoms with Crippen molar-refractivity contribution in [3.63, 3.8) is 0 Å². The zero-order valence-electron chi connectivity index (χ0n) is 17.0. The highest BCUT2D eigenvalue weighted by Crippen LogP contribution is 2.27. The van der Waals surface area contributed by atoms with Crippen molar-refractivity contribution >= 4 is 11.9 Å². The molecule has 0 saturated carbocycles. The van der Waals surface area contributed by atoms with Crippen molar-refractivity contribution in [2.75, 3.05) is 44.6 Å². The second-order valence-corrected chi connectivity index (χ2v) is 7.10. The molecule has 1 aromatic rings. The molecular formula is C19H30F3N7. The highest BCUT2D eigenvalue weighted by Gasteiger charge is 2.32. The Bertz CT molecular complexity index is 683. The van der Waals surface area contributed by atoms with Crippen LogP contribution in [0.5, 0.6) is 0 Å². The lowest BCUT2D eigenvalue weighted by molar-refractivity contribution is -0.141. The Labute approximate surface area is 169 Å². The minimum Gasteiger partial charge on any atom is -0.357 e. The Morgan fingerprint density at radius 2 is 2.07 bits per heavy atom. The molecule has 0 aliphatic carbocycles. The fourth-order valence-electron chi connectivity index (χ4n) is 3.07. The number of anilines is 1. The Balaban J connectivity index is 1.80. The number of guanidine groups is 1. The van der Waals surface area contributed by atoms with Crippen LogP contribution in [0.4, 0.5) is 19.1 Å². The first-order valence-corrected chi connectivity index (χ1v) is 9.83. The second kappa shape index (κ2) is 11.0. The zero-order chi connectivity index (χ0) is 21.3. The lowest BCUT2D eigenvalue weighted by Gasteiger charge is -2.33. The maximum absolute atomic E-state index is 12.7. The maximum Gasteiger partial charge on any atom is 0.433 e. The molecule has 1 aliphatic rings. The normalized spacial score (nSPS) is 16.5. The number of aromatic nitrogens is 2. The van der Waals surface area contributed by atoms with Crippen LogP contribution < -0.4 is 16.0 Å². The highest BCUT2D eigenvalue weighted by molar-refractivity contribution is 5.80. The summed E-state index contributed by atoms with van der Waals surface area (Å²) < 4.78 is 38.1. The molecule has 1 aliphatic heterocycles. The molecule has 1 fully saturated rings. The van der Waals surface area contributed by atoms with Crippen LogP contribution in [0.1, 0.15) is 32.4 Å².